The lowest BCUT2D eigenvalue weighted by molar-refractivity contribution is -0.138. The van der Waals surface area contributed by atoms with Gasteiger partial charge in [0.25, 0.3) is 0 Å². The van der Waals surface area contributed by atoms with Gasteiger partial charge in [-0.15, -0.1) is 6.58 Å². The third-order valence-corrected chi connectivity index (χ3v) is 2.81. The predicted octanol–water partition coefficient (Wildman–Crippen LogP) is 2.16. The summed E-state index contributed by atoms with van der Waals surface area (Å²) in [5.74, 6) is -1.26. The Labute approximate surface area is 122 Å². The van der Waals surface area contributed by atoms with Crippen molar-refractivity contribution in [2.45, 2.75) is 6.92 Å². The van der Waals surface area contributed by atoms with Crippen LogP contribution >= 0.6 is 11.6 Å². The first-order valence-electron chi connectivity index (χ1n) is 6.03. The van der Waals surface area contributed by atoms with Gasteiger partial charge in [-0.05, 0) is 30.7 Å². The fraction of sp³-hybridized carbons (Fsp3) is 0.286. The summed E-state index contributed by atoms with van der Waals surface area (Å²) in [4.78, 5) is 24.1. The van der Waals surface area contributed by atoms with Crippen LogP contribution < -0.4 is 5.32 Å². The fourth-order valence-electron chi connectivity index (χ4n) is 1.72. The molecule has 0 saturated heterocycles. The quantitative estimate of drug-likeness (QED) is 0.757. The van der Waals surface area contributed by atoms with Crippen molar-refractivity contribution in [1.82, 2.24) is 4.90 Å². The van der Waals surface area contributed by atoms with Crippen molar-refractivity contribution in [2.75, 3.05) is 25.0 Å². The van der Waals surface area contributed by atoms with E-state index < -0.39 is 5.97 Å². The number of carbonyl (C=O) groups is 2. The van der Waals surface area contributed by atoms with Crippen molar-refractivity contribution >= 4 is 29.2 Å². The van der Waals surface area contributed by atoms with Crippen LogP contribution in [0.15, 0.2) is 30.9 Å². The van der Waals surface area contributed by atoms with Crippen molar-refractivity contribution in [3.63, 3.8) is 0 Å². The zero-order chi connectivity index (χ0) is 15.1. The summed E-state index contributed by atoms with van der Waals surface area (Å²) in [7, 11) is 0. The van der Waals surface area contributed by atoms with Crippen LogP contribution in [0.1, 0.15) is 5.56 Å². The van der Waals surface area contributed by atoms with Gasteiger partial charge < -0.3 is 10.4 Å². The third kappa shape index (κ3) is 5.42. The maximum atomic E-state index is 11.9. The van der Waals surface area contributed by atoms with E-state index in [9.17, 15) is 9.59 Å². The molecule has 2 N–H and O–H groups in total. The van der Waals surface area contributed by atoms with E-state index in [1.54, 1.807) is 24.3 Å². The molecule has 0 atom stereocenters. The van der Waals surface area contributed by atoms with Gasteiger partial charge in [0.2, 0.25) is 5.91 Å². The maximum Gasteiger partial charge on any atom is 0.317 e. The number of hydrogen-bond donors (Lipinski definition) is 2. The standard InChI is InChI=1S/C14H17ClN2O3/c1-3-6-17(9-14(19)20)8-13(18)16-12-5-4-11(15)7-10(12)2/h3-5,7H,1,6,8-9H2,2H3,(H,16,18)(H,19,20). The van der Waals surface area contributed by atoms with E-state index >= 15 is 0 Å². The van der Waals surface area contributed by atoms with Crippen LogP contribution in [0.25, 0.3) is 0 Å². The van der Waals surface area contributed by atoms with Crippen molar-refractivity contribution in [2.24, 2.45) is 0 Å². The first-order valence-corrected chi connectivity index (χ1v) is 6.41. The summed E-state index contributed by atoms with van der Waals surface area (Å²) in [6.07, 6.45) is 1.56. The van der Waals surface area contributed by atoms with E-state index in [1.807, 2.05) is 6.92 Å². The monoisotopic (exact) mass is 296 g/mol. The van der Waals surface area contributed by atoms with Crippen molar-refractivity contribution < 1.29 is 14.7 Å². The first kappa shape index (κ1) is 16.2. The van der Waals surface area contributed by atoms with Gasteiger partial charge in [0.05, 0.1) is 13.1 Å². The summed E-state index contributed by atoms with van der Waals surface area (Å²) in [5.41, 5.74) is 1.51. The number of carboxylic acid groups (broad SMARTS) is 1. The molecule has 1 rings (SSSR count). The minimum Gasteiger partial charge on any atom is -0.480 e. The molecule has 5 nitrogen and oxygen atoms in total. The second kappa shape index (κ2) is 7.67. The topological polar surface area (TPSA) is 69.6 Å². The van der Waals surface area contributed by atoms with Gasteiger partial charge in [-0.2, -0.15) is 0 Å². The Morgan fingerprint density at radius 2 is 2.15 bits per heavy atom. The zero-order valence-corrected chi connectivity index (χ0v) is 12.0. The van der Waals surface area contributed by atoms with Crippen LogP contribution in [0.4, 0.5) is 5.69 Å². The molecule has 0 heterocycles. The van der Waals surface area contributed by atoms with Gasteiger partial charge in [0.1, 0.15) is 0 Å². The molecule has 0 aromatic heterocycles. The highest BCUT2D eigenvalue weighted by molar-refractivity contribution is 6.30. The van der Waals surface area contributed by atoms with Crippen LogP contribution in [0.3, 0.4) is 0 Å². The Balaban J connectivity index is 2.65. The highest BCUT2D eigenvalue weighted by atomic mass is 35.5. The number of carbonyl (C=O) groups excluding carboxylic acids is 1. The van der Waals surface area contributed by atoms with Gasteiger partial charge in [-0.3, -0.25) is 14.5 Å². The lowest BCUT2D eigenvalue weighted by Crippen LogP contribution is -2.37. The Bertz CT molecular complexity index is 517. The van der Waals surface area contributed by atoms with Gasteiger partial charge in [-0.1, -0.05) is 17.7 Å². The molecule has 0 bridgehead atoms. The van der Waals surface area contributed by atoms with Gasteiger partial charge in [0, 0.05) is 17.3 Å². The average Bonchev–Trinajstić information content (AvgIpc) is 2.32. The largest absolute Gasteiger partial charge is 0.480 e. The molecule has 0 unspecified atom stereocenters. The Morgan fingerprint density at radius 1 is 1.45 bits per heavy atom. The smallest absolute Gasteiger partial charge is 0.317 e. The summed E-state index contributed by atoms with van der Waals surface area (Å²) in [6.45, 7) is 5.49. The van der Waals surface area contributed by atoms with E-state index in [2.05, 4.69) is 11.9 Å². The van der Waals surface area contributed by atoms with E-state index in [-0.39, 0.29) is 19.0 Å². The number of nitrogens with one attached hydrogen (secondary N) is 1. The lowest BCUT2D eigenvalue weighted by atomic mass is 10.2. The second-order valence-corrected chi connectivity index (χ2v) is 4.80. The molecule has 1 amide bonds. The average molecular weight is 297 g/mol. The van der Waals surface area contributed by atoms with E-state index in [0.29, 0.717) is 17.3 Å². The number of amides is 1. The SMILES string of the molecule is C=CCN(CC(=O)O)CC(=O)Nc1ccc(Cl)cc1C. The molecule has 0 aliphatic carbocycles. The van der Waals surface area contributed by atoms with E-state index in [4.69, 9.17) is 16.7 Å². The highest BCUT2D eigenvalue weighted by Crippen LogP contribution is 2.19. The van der Waals surface area contributed by atoms with Crippen LogP contribution in [-0.2, 0) is 9.59 Å². The predicted molar refractivity (Wildman–Crippen MR) is 79.1 cm³/mol. The Morgan fingerprint density at radius 3 is 2.70 bits per heavy atom. The number of nitrogens with zero attached hydrogens (tertiary/aromatic N) is 1. The third-order valence-electron chi connectivity index (χ3n) is 2.58. The van der Waals surface area contributed by atoms with Crippen LogP contribution in [-0.4, -0.2) is 41.5 Å². The second-order valence-electron chi connectivity index (χ2n) is 4.36. The molecule has 20 heavy (non-hydrogen) atoms. The molecule has 0 spiro atoms. The van der Waals surface area contributed by atoms with Crippen molar-refractivity contribution in [3.8, 4) is 0 Å². The molecule has 1 aromatic carbocycles. The molecule has 0 fully saturated rings. The number of halogens is 1. The van der Waals surface area contributed by atoms with E-state index in [0.717, 1.165) is 5.56 Å². The first-order chi connectivity index (χ1) is 9.42. The summed E-state index contributed by atoms with van der Waals surface area (Å²) in [6, 6.07) is 5.14. The van der Waals surface area contributed by atoms with E-state index in [1.165, 1.54) is 4.90 Å². The Kier molecular flexibility index (Phi) is 6.21. The van der Waals surface area contributed by atoms with Crippen molar-refractivity contribution in [1.29, 1.82) is 0 Å². The van der Waals surface area contributed by atoms with Gasteiger partial charge in [0.15, 0.2) is 0 Å². The molecule has 0 radical (unpaired) electrons. The minimum atomic E-state index is -0.984. The summed E-state index contributed by atoms with van der Waals surface area (Å²) < 4.78 is 0. The van der Waals surface area contributed by atoms with Gasteiger partial charge >= 0.3 is 5.97 Å². The zero-order valence-electron chi connectivity index (χ0n) is 11.2. The minimum absolute atomic E-state index is 0.0135. The fourth-order valence-corrected chi connectivity index (χ4v) is 1.95. The number of benzene rings is 1. The maximum absolute atomic E-state index is 11.9. The number of aliphatic carboxylic acids is 1. The molecule has 0 aliphatic rings. The highest BCUT2D eigenvalue weighted by Gasteiger charge is 2.13. The Hall–Kier alpha value is -1.85. The molecule has 0 saturated carbocycles. The molecule has 6 heteroatoms. The number of carboxylic acids is 1. The number of rotatable bonds is 7. The molecule has 108 valence electrons. The molecular formula is C14H17ClN2O3. The number of hydrogen-bond acceptors (Lipinski definition) is 3. The number of aryl methyl sites for hydroxylation is 1. The van der Waals surface area contributed by atoms with Crippen molar-refractivity contribution in [3.05, 3.63) is 41.4 Å². The van der Waals surface area contributed by atoms with Crippen LogP contribution in [0, 0.1) is 6.92 Å². The summed E-state index contributed by atoms with van der Waals surface area (Å²) in [5, 5.41) is 12.1. The van der Waals surface area contributed by atoms with Gasteiger partial charge in [-0.25, -0.2) is 0 Å². The molecule has 0 aliphatic heterocycles. The lowest BCUT2D eigenvalue weighted by Gasteiger charge is -2.18. The molecule has 1 aromatic rings. The molecular weight excluding hydrogens is 280 g/mol. The van der Waals surface area contributed by atoms with Crippen LogP contribution in [0.5, 0.6) is 0 Å². The van der Waals surface area contributed by atoms with Crippen LogP contribution in [0.2, 0.25) is 5.02 Å². The number of anilines is 1. The summed E-state index contributed by atoms with van der Waals surface area (Å²) >= 11 is 5.84. The normalized spacial score (nSPS) is 10.3.